The van der Waals surface area contributed by atoms with Crippen LogP contribution in [0.1, 0.15) is 6.42 Å². The predicted molar refractivity (Wildman–Crippen MR) is 71.2 cm³/mol. The van der Waals surface area contributed by atoms with Gasteiger partial charge in [0, 0.05) is 24.1 Å². The number of ether oxygens (including phenoxy) is 1. The van der Waals surface area contributed by atoms with E-state index in [1.807, 2.05) is 0 Å². The molecule has 2 rings (SSSR count). The third kappa shape index (κ3) is 4.71. The Morgan fingerprint density at radius 3 is 2.86 bits per heavy atom. The Morgan fingerprint density at radius 2 is 2.14 bits per heavy atom. The second-order valence-corrected chi connectivity index (χ2v) is 5.73. The van der Waals surface area contributed by atoms with Crippen molar-refractivity contribution in [3.05, 3.63) is 18.2 Å². The maximum Gasteiger partial charge on any atom is 0.411 e. The minimum absolute atomic E-state index is 0.0337. The van der Waals surface area contributed by atoms with Gasteiger partial charge in [-0.3, -0.25) is 0 Å². The number of oxazole rings is 1. The molecule has 0 aliphatic rings. The fourth-order valence-corrected chi connectivity index (χ4v) is 2.52. The standard InChI is InChI=1S/C12H13F3N2O3S/c13-12(14,15)7-19-4-1-5-21(18)11-17-9-3-2-8(16)6-10(9)20-11/h2-3,6H,1,4-5,7,16H2. The van der Waals surface area contributed by atoms with E-state index in [1.54, 1.807) is 18.2 Å². The molecule has 0 aliphatic heterocycles. The largest absolute Gasteiger partial charge is 0.430 e. The minimum Gasteiger partial charge on any atom is -0.430 e. The lowest BCUT2D eigenvalue weighted by Crippen LogP contribution is -2.18. The van der Waals surface area contributed by atoms with Crippen molar-refractivity contribution in [2.24, 2.45) is 0 Å². The molecule has 1 aromatic carbocycles. The third-order valence-corrected chi connectivity index (χ3v) is 3.70. The van der Waals surface area contributed by atoms with Crippen LogP contribution in [-0.4, -0.2) is 34.3 Å². The number of anilines is 1. The Hall–Kier alpha value is -1.61. The molecular formula is C12H13F3N2O3S. The van der Waals surface area contributed by atoms with E-state index < -0.39 is 23.6 Å². The molecule has 9 heteroatoms. The quantitative estimate of drug-likeness (QED) is 0.653. The Balaban J connectivity index is 1.85. The molecule has 0 saturated carbocycles. The Bertz CT molecular complexity index is 642. The maximum absolute atomic E-state index is 11.9. The number of halogens is 3. The van der Waals surface area contributed by atoms with E-state index >= 15 is 0 Å². The molecule has 0 bridgehead atoms. The number of nitrogens with zero attached hydrogens (tertiary/aromatic N) is 1. The molecule has 2 aromatic rings. The molecular weight excluding hydrogens is 309 g/mol. The molecule has 1 heterocycles. The molecule has 116 valence electrons. The minimum atomic E-state index is -4.35. The summed E-state index contributed by atoms with van der Waals surface area (Å²) in [6.07, 6.45) is -4.14. The van der Waals surface area contributed by atoms with Crippen molar-refractivity contribution >= 4 is 27.6 Å². The summed E-state index contributed by atoms with van der Waals surface area (Å²) in [5.41, 5.74) is 7.03. The van der Waals surface area contributed by atoms with Gasteiger partial charge in [0.05, 0.1) is 0 Å². The number of fused-ring (bicyclic) bond motifs is 1. The van der Waals surface area contributed by atoms with Crippen LogP contribution in [0, 0.1) is 0 Å². The Kier molecular flexibility index (Phi) is 4.84. The fourth-order valence-electron chi connectivity index (χ4n) is 1.58. The van der Waals surface area contributed by atoms with Gasteiger partial charge in [0.15, 0.2) is 5.58 Å². The molecule has 1 atom stereocenters. The van der Waals surface area contributed by atoms with Crippen LogP contribution in [-0.2, 0) is 15.5 Å². The smallest absolute Gasteiger partial charge is 0.411 e. The van der Waals surface area contributed by atoms with Crippen LogP contribution >= 0.6 is 0 Å². The van der Waals surface area contributed by atoms with Crippen molar-refractivity contribution in [3.63, 3.8) is 0 Å². The summed E-state index contributed by atoms with van der Waals surface area (Å²) in [6.45, 7) is -1.43. The number of aromatic nitrogens is 1. The van der Waals surface area contributed by atoms with E-state index in [1.165, 1.54) is 0 Å². The lowest BCUT2D eigenvalue weighted by atomic mass is 10.3. The number of benzene rings is 1. The van der Waals surface area contributed by atoms with E-state index in [4.69, 9.17) is 10.2 Å². The molecule has 5 nitrogen and oxygen atoms in total. The molecule has 0 fully saturated rings. The van der Waals surface area contributed by atoms with Gasteiger partial charge in [-0.25, -0.2) is 9.19 Å². The fraction of sp³-hybridized carbons (Fsp3) is 0.417. The molecule has 1 aromatic heterocycles. The molecule has 21 heavy (non-hydrogen) atoms. The van der Waals surface area contributed by atoms with E-state index in [0.717, 1.165) is 0 Å². The van der Waals surface area contributed by atoms with Gasteiger partial charge < -0.3 is 14.9 Å². The second-order valence-electron chi connectivity index (χ2n) is 4.28. The Morgan fingerprint density at radius 1 is 1.38 bits per heavy atom. The highest BCUT2D eigenvalue weighted by atomic mass is 32.2. The Labute approximate surface area is 120 Å². The summed E-state index contributed by atoms with van der Waals surface area (Å²) in [7, 11) is -1.53. The van der Waals surface area contributed by atoms with Crippen LogP contribution in [0.15, 0.2) is 27.8 Å². The maximum atomic E-state index is 11.9. The van der Waals surface area contributed by atoms with Gasteiger partial charge in [-0.15, -0.1) is 0 Å². The van der Waals surface area contributed by atoms with E-state index in [9.17, 15) is 17.4 Å². The molecule has 1 unspecified atom stereocenters. The number of nitrogens with two attached hydrogens (primary N) is 1. The lowest BCUT2D eigenvalue weighted by Gasteiger charge is -2.06. The van der Waals surface area contributed by atoms with E-state index in [2.05, 4.69) is 9.72 Å². The van der Waals surface area contributed by atoms with Crippen molar-refractivity contribution in [1.82, 2.24) is 4.98 Å². The first kappa shape index (κ1) is 15.8. The number of rotatable bonds is 6. The molecule has 0 saturated heterocycles. The van der Waals surface area contributed by atoms with Crippen molar-refractivity contribution in [3.8, 4) is 0 Å². The summed E-state index contributed by atoms with van der Waals surface area (Å²) in [5.74, 6) is 0.111. The zero-order valence-electron chi connectivity index (χ0n) is 10.9. The highest BCUT2D eigenvalue weighted by molar-refractivity contribution is 7.84. The summed E-state index contributed by atoms with van der Waals surface area (Å²) in [5, 5.41) is 0.0337. The van der Waals surface area contributed by atoms with Crippen LogP contribution in [0.25, 0.3) is 11.1 Å². The summed E-state index contributed by atoms with van der Waals surface area (Å²) in [6, 6.07) is 4.85. The number of hydrogen-bond acceptors (Lipinski definition) is 5. The van der Waals surface area contributed by atoms with Crippen molar-refractivity contribution in [1.29, 1.82) is 0 Å². The van der Waals surface area contributed by atoms with Crippen LogP contribution in [0.4, 0.5) is 18.9 Å². The first-order chi connectivity index (χ1) is 9.85. The highest BCUT2D eigenvalue weighted by Gasteiger charge is 2.27. The van der Waals surface area contributed by atoms with Gasteiger partial charge in [0.2, 0.25) is 0 Å². The molecule has 0 amide bonds. The van der Waals surface area contributed by atoms with Gasteiger partial charge in [-0.1, -0.05) is 0 Å². The monoisotopic (exact) mass is 322 g/mol. The van der Waals surface area contributed by atoms with Crippen LogP contribution in [0.3, 0.4) is 0 Å². The van der Waals surface area contributed by atoms with Crippen molar-refractivity contribution in [2.75, 3.05) is 24.7 Å². The number of hydrogen-bond donors (Lipinski definition) is 1. The molecule has 0 aliphatic carbocycles. The average Bonchev–Trinajstić information content (AvgIpc) is 2.79. The summed E-state index contributed by atoms with van der Waals surface area (Å²) in [4.78, 5) is 4.05. The predicted octanol–water partition coefficient (Wildman–Crippen LogP) is 2.49. The molecule has 0 spiro atoms. The number of nitrogen functional groups attached to an aromatic ring is 1. The second kappa shape index (κ2) is 6.44. The zero-order chi connectivity index (χ0) is 15.5. The number of alkyl halides is 3. The molecule has 0 radical (unpaired) electrons. The molecule has 2 N–H and O–H groups in total. The summed E-state index contributed by atoms with van der Waals surface area (Å²) < 4.78 is 57.2. The summed E-state index contributed by atoms with van der Waals surface area (Å²) >= 11 is 0. The first-order valence-corrected chi connectivity index (χ1v) is 7.36. The van der Waals surface area contributed by atoms with Crippen LogP contribution in [0.5, 0.6) is 0 Å². The normalized spacial score (nSPS) is 13.7. The van der Waals surface area contributed by atoms with Gasteiger partial charge >= 0.3 is 6.18 Å². The van der Waals surface area contributed by atoms with Crippen molar-refractivity contribution < 1.29 is 26.5 Å². The lowest BCUT2D eigenvalue weighted by molar-refractivity contribution is -0.173. The zero-order valence-corrected chi connectivity index (χ0v) is 11.7. The van der Waals surface area contributed by atoms with Gasteiger partial charge in [0.1, 0.15) is 22.9 Å². The third-order valence-electron chi connectivity index (χ3n) is 2.47. The average molecular weight is 322 g/mol. The van der Waals surface area contributed by atoms with E-state index in [-0.39, 0.29) is 24.0 Å². The van der Waals surface area contributed by atoms with Gasteiger partial charge in [-0.2, -0.15) is 13.2 Å². The first-order valence-electron chi connectivity index (χ1n) is 6.04. The highest BCUT2D eigenvalue weighted by Crippen LogP contribution is 2.20. The van der Waals surface area contributed by atoms with Crippen LogP contribution < -0.4 is 5.73 Å². The topological polar surface area (TPSA) is 78.3 Å². The SMILES string of the molecule is Nc1ccc2nc(S(=O)CCCOCC(F)(F)F)oc2c1. The van der Waals surface area contributed by atoms with E-state index in [0.29, 0.717) is 16.8 Å². The van der Waals surface area contributed by atoms with Gasteiger partial charge in [-0.05, 0) is 18.6 Å². The van der Waals surface area contributed by atoms with Gasteiger partial charge in [0.25, 0.3) is 5.22 Å². The van der Waals surface area contributed by atoms with Crippen molar-refractivity contribution in [2.45, 2.75) is 17.8 Å². The van der Waals surface area contributed by atoms with Crippen LogP contribution in [0.2, 0.25) is 0 Å².